The third-order valence-electron chi connectivity index (χ3n) is 6.42. The maximum atomic E-state index is 13.6. The van der Waals surface area contributed by atoms with E-state index in [1.54, 1.807) is 30.3 Å². The first kappa shape index (κ1) is 23.7. The number of benzene rings is 3. The van der Waals surface area contributed by atoms with Crippen molar-refractivity contribution in [1.82, 2.24) is 4.90 Å². The molecule has 3 aromatic carbocycles. The molecule has 5 rings (SSSR count). The van der Waals surface area contributed by atoms with Crippen LogP contribution in [0.15, 0.2) is 65.1 Å². The van der Waals surface area contributed by atoms with Crippen molar-refractivity contribution in [2.24, 2.45) is 0 Å². The molecular formula is C26H20BrN3O6. The normalized spacial score (nSPS) is 18.8. The van der Waals surface area contributed by atoms with Gasteiger partial charge in [0.2, 0.25) is 0 Å². The maximum Gasteiger partial charge on any atom is 0.282 e. The number of ether oxygens (including phenoxy) is 1. The van der Waals surface area contributed by atoms with Crippen molar-refractivity contribution in [3.63, 3.8) is 0 Å². The van der Waals surface area contributed by atoms with E-state index in [1.165, 1.54) is 23.1 Å². The van der Waals surface area contributed by atoms with Crippen LogP contribution >= 0.6 is 15.9 Å². The van der Waals surface area contributed by atoms with E-state index in [-0.39, 0.29) is 11.1 Å². The number of hydrogen-bond acceptors (Lipinski definition) is 6. The molecule has 3 amide bonds. The average Bonchev–Trinajstić information content (AvgIpc) is 3.10. The Kier molecular flexibility index (Phi) is 5.83. The molecule has 0 bridgehead atoms. The summed E-state index contributed by atoms with van der Waals surface area (Å²) < 4.78 is 6.40. The van der Waals surface area contributed by atoms with Crippen LogP contribution in [0.4, 0.5) is 11.4 Å². The second-order valence-corrected chi connectivity index (χ2v) is 9.32. The molecule has 1 saturated heterocycles. The number of carbonyl (C=O) groups is 3. The van der Waals surface area contributed by atoms with Gasteiger partial charge in [-0.1, -0.05) is 34.1 Å². The summed E-state index contributed by atoms with van der Waals surface area (Å²) in [6, 6.07) is 14.6. The van der Waals surface area contributed by atoms with Crippen molar-refractivity contribution in [1.29, 1.82) is 0 Å². The SMILES string of the molecule is CCOc1ccc(C2C(N3C(=O)c4cccc([N+](=O)[O-])c4C3=O)C(=O)N2c2ccc(Br)c(C)c2)cc1. The summed E-state index contributed by atoms with van der Waals surface area (Å²) in [7, 11) is 0. The smallest absolute Gasteiger partial charge is 0.282 e. The Labute approximate surface area is 214 Å². The molecule has 10 heteroatoms. The molecule has 0 radical (unpaired) electrons. The van der Waals surface area contributed by atoms with Gasteiger partial charge in [0.15, 0.2) is 0 Å². The number of rotatable bonds is 6. The van der Waals surface area contributed by atoms with Crippen molar-refractivity contribution < 1.29 is 24.0 Å². The molecular weight excluding hydrogens is 530 g/mol. The van der Waals surface area contributed by atoms with Crippen LogP contribution in [0.2, 0.25) is 0 Å². The van der Waals surface area contributed by atoms with Gasteiger partial charge < -0.3 is 9.64 Å². The molecule has 0 saturated carbocycles. The van der Waals surface area contributed by atoms with Crippen LogP contribution in [-0.4, -0.2) is 40.2 Å². The fourth-order valence-electron chi connectivity index (χ4n) is 4.74. The molecule has 2 unspecified atom stereocenters. The number of carbonyl (C=O) groups excluding carboxylic acids is 3. The number of hydrogen-bond donors (Lipinski definition) is 0. The lowest BCUT2D eigenvalue weighted by atomic mass is 9.86. The van der Waals surface area contributed by atoms with Crippen LogP contribution in [0, 0.1) is 17.0 Å². The summed E-state index contributed by atoms with van der Waals surface area (Å²) in [6.07, 6.45) is 0. The molecule has 0 aliphatic carbocycles. The fraction of sp³-hybridized carbons (Fsp3) is 0.192. The lowest BCUT2D eigenvalue weighted by molar-refractivity contribution is -0.385. The predicted molar refractivity (Wildman–Crippen MR) is 134 cm³/mol. The number of nitrogens with zero attached hydrogens (tertiary/aromatic N) is 3. The summed E-state index contributed by atoms with van der Waals surface area (Å²) in [4.78, 5) is 53.5. The minimum absolute atomic E-state index is 0.0784. The number of fused-ring (bicyclic) bond motifs is 1. The molecule has 3 aromatic rings. The highest BCUT2D eigenvalue weighted by Gasteiger charge is 2.58. The number of β-lactam (4-membered cyclic amide) rings is 1. The summed E-state index contributed by atoms with van der Waals surface area (Å²) in [5, 5.41) is 11.5. The van der Waals surface area contributed by atoms with Crippen molar-refractivity contribution in [3.8, 4) is 5.75 Å². The van der Waals surface area contributed by atoms with Crippen molar-refractivity contribution in [3.05, 3.63) is 97.5 Å². The third-order valence-corrected chi connectivity index (χ3v) is 7.31. The average molecular weight is 550 g/mol. The van der Waals surface area contributed by atoms with Gasteiger partial charge in [0.05, 0.1) is 23.1 Å². The number of amides is 3. The lowest BCUT2D eigenvalue weighted by Gasteiger charge is -2.49. The Bertz CT molecular complexity index is 1440. The summed E-state index contributed by atoms with van der Waals surface area (Å²) >= 11 is 3.46. The Morgan fingerprint density at radius 2 is 1.69 bits per heavy atom. The van der Waals surface area contributed by atoms with Crippen molar-refractivity contribution in [2.45, 2.75) is 25.9 Å². The van der Waals surface area contributed by atoms with E-state index >= 15 is 0 Å². The zero-order valence-corrected chi connectivity index (χ0v) is 20.9. The molecule has 0 N–H and O–H groups in total. The second-order valence-electron chi connectivity index (χ2n) is 8.47. The quantitative estimate of drug-likeness (QED) is 0.189. The number of nitro benzene ring substituents is 1. The first-order valence-electron chi connectivity index (χ1n) is 11.2. The highest BCUT2D eigenvalue weighted by molar-refractivity contribution is 9.10. The number of nitro groups is 1. The minimum atomic E-state index is -1.15. The van der Waals surface area contributed by atoms with E-state index in [1.807, 2.05) is 26.0 Å². The Morgan fingerprint density at radius 3 is 2.33 bits per heavy atom. The maximum absolute atomic E-state index is 13.6. The zero-order chi connectivity index (χ0) is 25.7. The summed E-state index contributed by atoms with van der Waals surface area (Å²) in [6.45, 7) is 4.25. The molecule has 36 heavy (non-hydrogen) atoms. The van der Waals surface area contributed by atoms with Gasteiger partial charge in [-0.25, -0.2) is 0 Å². The number of anilines is 1. The van der Waals surface area contributed by atoms with E-state index < -0.39 is 40.4 Å². The van der Waals surface area contributed by atoms with Gasteiger partial charge in [0.1, 0.15) is 17.4 Å². The molecule has 2 aliphatic rings. The highest BCUT2D eigenvalue weighted by Crippen LogP contribution is 2.45. The van der Waals surface area contributed by atoms with Gasteiger partial charge in [-0.15, -0.1) is 0 Å². The summed E-state index contributed by atoms with van der Waals surface area (Å²) in [5.41, 5.74) is 1.38. The van der Waals surface area contributed by atoms with Gasteiger partial charge in [0, 0.05) is 16.2 Å². The second kappa shape index (κ2) is 8.87. The van der Waals surface area contributed by atoms with E-state index in [2.05, 4.69) is 15.9 Å². The lowest BCUT2D eigenvalue weighted by Crippen LogP contribution is -2.67. The number of imide groups is 1. The van der Waals surface area contributed by atoms with E-state index in [0.717, 1.165) is 14.9 Å². The van der Waals surface area contributed by atoms with Crippen molar-refractivity contribution in [2.75, 3.05) is 11.5 Å². The first-order valence-corrected chi connectivity index (χ1v) is 12.0. The van der Waals surface area contributed by atoms with Crippen LogP contribution in [0.25, 0.3) is 0 Å². The predicted octanol–water partition coefficient (Wildman–Crippen LogP) is 4.82. The van der Waals surface area contributed by atoms with Gasteiger partial charge in [-0.3, -0.25) is 29.4 Å². The van der Waals surface area contributed by atoms with E-state index in [0.29, 0.717) is 23.6 Å². The van der Waals surface area contributed by atoms with Gasteiger partial charge >= 0.3 is 0 Å². The molecule has 2 heterocycles. The third kappa shape index (κ3) is 3.56. The van der Waals surface area contributed by atoms with E-state index in [9.17, 15) is 24.5 Å². The minimum Gasteiger partial charge on any atom is -0.494 e. The Hall–Kier alpha value is -4.05. The fourth-order valence-corrected chi connectivity index (χ4v) is 4.99. The molecule has 9 nitrogen and oxygen atoms in total. The van der Waals surface area contributed by atoms with Gasteiger partial charge in [0.25, 0.3) is 23.4 Å². The standard InChI is InChI=1S/C26H20BrN3O6/c1-3-36-17-10-7-15(8-11-17)22-23(26(33)28(22)16-9-12-19(27)14(2)13-16)29-24(31)18-5-4-6-20(30(34)35)21(18)25(29)32/h4-13,22-23H,3H2,1-2H3. The highest BCUT2D eigenvalue weighted by atomic mass is 79.9. The molecule has 182 valence electrons. The molecule has 1 fully saturated rings. The number of aryl methyl sites for hydroxylation is 1. The summed E-state index contributed by atoms with van der Waals surface area (Å²) in [5.74, 6) is -1.37. The molecule has 2 atom stereocenters. The van der Waals surface area contributed by atoms with Gasteiger partial charge in [-0.2, -0.15) is 0 Å². The molecule has 2 aliphatic heterocycles. The van der Waals surface area contributed by atoms with Gasteiger partial charge in [-0.05, 0) is 61.4 Å². The Balaban J connectivity index is 1.59. The van der Waals surface area contributed by atoms with Crippen LogP contribution in [-0.2, 0) is 4.79 Å². The van der Waals surface area contributed by atoms with Crippen LogP contribution in [0.1, 0.15) is 44.8 Å². The van der Waals surface area contributed by atoms with Crippen molar-refractivity contribution >= 4 is 45.0 Å². The van der Waals surface area contributed by atoms with Crippen LogP contribution < -0.4 is 9.64 Å². The Morgan fingerprint density at radius 1 is 0.972 bits per heavy atom. The van der Waals surface area contributed by atoms with E-state index in [4.69, 9.17) is 4.74 Å². The largest absolute Gasteiger partial charge is 0.494 e. The number of halogens is 1. The molecule has 0 spiro atoms. The monoisotopic (exact) mass is 549 g/mol. The van der Waals surface area contributed by atoms with Crippen LogP contribution in [0.3, 0.4) is 0 Å². The first-order chi connectivity index (χ1) is 17.2. The van der Waals surface area contributed by atoms with Crippen LogP contribution in [0.5, 0.6) is 5.75 Å². The zero-order valence-electron chi connectivity index (χ0n) is 19.3. The topological polar surface area (TPSA) is 110 Å². The molecule has 0 aromatic heterocycles.